The predicted molar refractivity (Wildman–Crippen MR) is 143 cm³/mol. The molecule has 4 atom stereocenters. The molecule has 9 heteroatoms. The number of fused-ring (bicyclic) bond motifs is 3. The number of amides is 2. The Morgan fingerprint density at radius 1 is 1.10 bits per heavy atom. The van der Waals surface area contributed by atoms with E-state index in [0.717, 1.165) is 31.2 Å². The van der Waals surface area contributed by atoms with Gasteiger partial charge in [0.15, 0.2) is 11.5 Å². The molecule has 1 aliphatic heterocycles. The lowest BCUT2D eigenvalue weighted by molar-refractivity contribution is -0.139. The third-order valence-corrected chi connectivity index (χ3v) is 8.02. The van der Waals surface area contributed by atoms with E-state index >= 15 is 0 Å². The number of ether oxygens (including phenoxy) is 2. The first-order chi connectivity index (χ1) is 19.0. The highest BCUT2D eigenvalue weighted by atomic mass is 16.5. The fraction of sp³-hybridized carbons (Fsp3) is 0.467. The van der Waals surface area contributed by atoms with Crippen LogP contribution in [-0.2, 0) is 22.6 Å². The van der Waals surface area contributed by atoms with Crippen molar-refractivity contribution >= 4 is 11.8 Å². The fourth-order valence-corrected chi connectivity index (χ4v) is 6.25. The van der Waals surface area contributed by atoms with E-state index in [-0.39, 0.29) is 38.1 Å². The lowest BCUT2D eigenvalue weighted by Crippen LogP contribution is -2.58. The van der Waals surface area contributed by atoms with Crippen LogP contribution < -0.4 is 14.8 Å². The summed E-state index contributed by atoms with van der Waals surface area (Å²) in [7, 11) is 1.50. The summed E-state index contributed by atoms with van der Waals surface area (Å²) in [5.74, 6) is -0.342. The van der Waals surface area contributed by atoms with Crippen LogP contribution in [0.4, 0.5) is 0 Å². The molecular formula is C30H36N2O7. The van der Waals surface area contributed by atoms with Crippen LogP contribution >= 0.6 is 0 Å². The molecule has 9 nitrogen and oxygen atoms in total. The number of benzene rings is 2. The minimum absolute atomic E-state index is 0.0604. The van der Waals surface area contributed by atoms with Gasteiger partial charge < -0.3 is 35.0 Å². The lowest BCUT2D eigenvalue weighted by Gasteiger charge is -2.43. The van der Waals surface area contributed by atoms with E-state index in [0.29, 0.717) is 28.2 Å². The summed E-state index contributed by atoms with van der Waals surface area (Å²) in [5.41, 5.74) is 2.46. The molecular weight excluding hydrogens is 500 g/mol. The molecule has 0 unspecified atom stereocenters. The molecule has 2 aromatic rings. The topological polar surface area (TPSA) is 129 Å². The van der Waals surface area contributed by atoms with Crippen LogP contribution in [0.25, 0.3) is 0 Å². The molecule has 1 heterocycles. The summed E-state index contributed by atoms with van der Waals surface area (Å²) in [5, 5.41) is 33.7. The smallest absolute Gasteiger partial charge is 0.247 e. The van der Waals surface area contributed by atoms with Crippen molar-refractivity contribution in [1.82, 2.24) is 10.2 Å². The van der Waals surface area contributed by atoms with Gasteiger partial charge in [-0.1, -0.05) is 43.2 Å². The molecule has 1 saturated carbocycles. The number of rotatable bonds is 9. The Labute approximate surface area is 228 Å². The SMILES string of the molecule is COc1cc(CO)cc2c1O[C@@H]1[C@@H](O)[C@H](N(C(=O)Cc3ccccc3)C3CCCC3)C=C(C(=O)NCCO)[C@H]21. The van der Waals surface area contributed by atoms with Crippen molar-refractivity contribution in [3.63, 3.8) is 0 Å². The number of hydrogen-bond acceptors (Lipinski definition) is 7. The molecule has 3 aliphatic rings. The van der Waals surface area contributed by atoms with Gasteiger partial charge in [0.2, 0.25) is 11.8 Å². The zero-order valence-electron chi connectivity index (χ0n) is 22.1. The number of aliphatic hydroxyl groups excluding tert-OH is 3. The second-order valence-electron chi connectivity index (χ2n) is 10.4. The zero-order chi connectivity index (χ0) is 27.5. The maximum Gasteiger partial charge on any atom is 0.247 e. The molecule has 0 bridgehead atoms. The van der Waals surface area contributed by atoms with Crippen LogP contribution in [0.3, 0.4) is 0 Å². The standard InChI is InChI=1S/C30H36N2O7/c1-38-24-14-19(17-34)13-21-26-22(30(37)31-11-12-33)16-23(27(36)29(26)39-28(21)24)32(20-9-5-6-10-20)25(35)15-18-7-3-2-4-8-18/h2-4,7-8,13-14,16,20,23,26-27,29,33-34,36H,5-6,9-12,15,17H2,1H3,(H,31,37)/t23-,26+,27+,29+/m1/s1. The minimum Gasteiger partial charge on any atom is -0.493 e. The van der Waals surface area contributed by atoms with Gasteiger partial charge in [0.1, 0.15) is 12.2 Å². The van der Waals surface area contributed by atoms with Gasteiger partial charge in [-0.15, -0.1) is 0 Å². The largest absolute Gasteiger partial charge is 0.493 e. The van der Waals surface area contributed by atoms with Crippen molar-refractivity contribution in [2.75, 3.05) is 20.3 Å². The molecule has 0 saturated heterocycles. The molecule has 39 heavy (non-hydrogen) atoms. The number of methoxy groups -OCH3 is 1. The van der Waals surface area contributed by atoms with Gasteiger partial charge >= 0.3 is 0 Å². The Balaban J connectivity index is 1.58. The van der Waals surface area contributed by atoms with Crippen molar-refractivity contribution in [2.45, 2.75) is 68.9 Å². The minimum atomic E-state index is -1.11. The summed E-state index contributed by atoms with van der Waals surface area (Å²) in [6.07, 6.45) is 3.57. The molecule has 1 fully saturated rings. The molecule has 4 N–H and O–H groups in total. The van der Waals surface area contributed by atoms with Crippen LogP contribution in [0, 0.1) is 0 Å². The first kappa shape index (κ1) is 27.2. The van der Waals surface area contributed by atoms with Crippen LogP contribution in [0.15, 0.2) is 54.1 Å². The maximum absolute atomic E-state index is 13.9. The third kappa shape index (κ3) is 5.26. The zero-order valence-corrected chi connectivity index (χ0v) is 22.1. The van der Waals surface area contributed by atoms with E-state index in [1.54, 1.807) is 23.1 Å². The summed E-state index contributed by atoms with van der Waals surface area (Å²) >= 11 is 0. The summed E-state index contributed by atoms with van der Waals surface area (Å²) < 4.78 is 11.8. The van der Waals surface area contributed by atoms with Crippen LogP contribution in [0.1, 0.15) is 48.3 Å². The summed E-state index contributed by atoms with van der Waals surface area (Å²) in [6.45, 7) is -0.391. The van der Waals surface area contributed by atoms with Crippen LogP contribution in [0.2, 0.25) is 0 Å². The highest BCUT2D eigenvalue weighted by molar-refractivity contribution is 5.96. The monoisotopic (exact) mass is 536 g/mol. The fourth-order valence-electron chi connectivity index (χ4n) is 6.25. The van der Waals surface area contributed by atoms with E-state index in [1.165, 1.54) is 7.11 Å². The summed E-state index contributed by atoms with van der Waals surface area (Å²) in [4.78, 5) is 29.1. The highest BCUT2D eigenvalue weighted by Crippen LogP contribution is 2.51. The Morgan fingerprint density at radius 2 is 1.85 bits per heavy atom. The first-order valence-electron chi connectivity index (χ1n) is 13.6. The van der Waals surface area contributed by atoms with Crippen molar-refractivity contribution in [3.05, 3.63) is 70.8 Å². The molecule has 208 valence electrons. The highest BCUT2D eigenvalue weighted by Gasteiger charge is 2.52. The van der Waals surface area contributed by atoms with E-state index in [4.69, 9.17) is 9.47 Å². The molecule has 0 radical (unpaired) electrons. The van der Waals surface area contributed by atoms with Crippen LogP contribution in [0.5, 0.6) is 11.5 Å². The van der Waals surface area contributed by atoms with Gasteiger partial charge in [0.25, 0.3) is 0 Å². The lowest BCUT2D eigenvalue weighted by atomic mass is 9.76. The molecule has 5 rings (SSSR count). The van der Waals surface area contributed by atoms with Crippen molar-refractivity contribution in [3.8, 4) is 11.5 Å². The average molecular weight is 537 g/mol. The number of hydrogen-bond donors (Lipinski definition) is 4. The van der Waals surface area contributed by atoms with E-state index in [9.17, 15) is 24.9 Å². The second kappa shape index (κ2) is 11.8. The van der Waals surface area contributed by atoms with Gasteiger partial charge in [-0.3, -0.25) is 9.59 Å². The Bertz CT molecular complexity index is 1230. The average Bonchev–Trinajstić information content (AvgIpc) is 3.62. The molecule has 0 aromatic heterocycles. The van der Waals surface area contributed by atoms with Crippen LogP contribution in [-0.4, -0.2) is 76.6 Å². The predicted octanol–water partition coefficient (Wildman–Crippen LogP) is 1.82. The number of nitrogens with one attached hydrogen (secondary N) is 1. The summed E-state index contributed by atoms with van der Waals surface area (Å²) in [6, 6.07) is 12.1. The second-order valence-corrected chi connectivity index (χ2v) is 10.4. The number of nitrogens with zero attached hydrogens (tertiary/aromatic N) is 1. The molecule has 2 aliphatic carbocycles. The normalized spacial score (nSPS) is 23.8. The number of carbonyl (C=O) groups excluding carboxylic acids is 2. The Morgan fingerprint density at radius 3 is 2.51 bits per heavy atom. The first-order valence-corrected chi connectivity index (χ1v) is 13.6. The van der Waals surface area contributed by atoms with Gasteiger partial charge in [-0.2, -0.15) is 0 Å². The quantitative estimate of drug-likeness (QED) is 0.385. The van der Waals surface area contributed by atoms with E-state index in [2.05, 4.69) is 5.32 Å². The molecule has 2 aromatic carbocycles. The van der Waals surface area contributed by atoms with E-state index in [1.807, 2.05) is 30.3 Å². The van der Waals surface area contributed by atoms with Gasteiger partial charge in [-0.25, -0.2) is 0 Å². The van der Waals surface area contributed by atoms with Gasteiger partial charge in [-0.05, 0) is 42.2 Å². The van der Waals surface area contributed by atoms with Gasteiger partial charge in [0, 0.05) is 23.7 Å². The maximum atomic E-state index is 13.9. The van der Waals surface area contributed by atoms with E-state index < -0.39 is 30.1 Å². The molecule has 0 spiro atoms. The van der Waals surface area contributed by atoms with Gasteiger partial charge in [0.05, 0.1) is 38.7 Å². The third-order valence-electron chi connectivity index (χ3n) is 8.02. The Kier molecular flexibility index (Phi) is 8.20. The van der Waals surface area contributed by atoms with Crippen molar-refractivity contribution in [2.24, 2.45) is 0 Å². The van der Waals surface area contributed by atoms with Crippen molar-refractivity contribution < 1.29 is 34.4 Å². The Hall–Kier alpha value is -3.40. The number of aliphatic hydroxyl groups is 3. The molecule has 2 amide bonds. The number of carbonyl (C=O) groups is 2. The van der Waals surface area contributed by atoms with Crippen molar-refractivity contribution in [1.29, 1.82) is 0 Å².